The molecule has 0 aliphatic carbocycles. The van der Waals surface area contributed by atoms with Crippen molar-refractivity contribution in [3.63, 3.8) is 0 Å². The van der Waals surface area contributed by atoms with E-state index in [1.54, 1.807) is 67.6 Å². The van der Waals surface area contributed by atoms with Crippen LogP contribution in [0.3, 0.4) is 0 Å². The number of anilines is 1. The number of nitrogens with zero attached hydrogens (tertiary/aromatic N) is 1. The van der Waals surface area contributed by atoms with Gasteiger partial charge >= 0.3 is 5.97 Å². The molecule has 12 heteroatoms. The van der Waals surface area contributed by atoms with Gasteiger partial charge in [0.15, 0.2) is 23.0 Å². The fourth-order valence-corrected chi connectivity index (χ4v) is 4.21. The Bertz CT molecular complexity index is 1700. The smallest absolute Gasteiger partial charge is 0.343 e. The highest BCUT2D eigenvalue weighted by Gasteiger charge is 2.18. The van der Waals surface area contributed by atoms with Crippen molar-refractivity contribution in [3.05, 3.63) is 106 Å². The van der Waals surface area contributed by atoms with Gasteiger partial charge in [0.05, 0.1) is 39.7 Å². The molecule has 0 saturated heterocycles. The van der Waals surface area contributed by atoms with Crippen LogP contribution in [0.1, 0.15) is 43.6 Å². The lowest BCUT2D eigenvalue weighted by Gasteiger charge is -2.14. The monoisotopic (exact) mass is 631 g/mol. The topological polar surface area (TPSA) is 134 Å². The summed E-state index contributed by atoms with van der Waals surface area (Å²) in [4.78, 5) is 38.3. The van der Waals surface area contributed by atoms with Gasteiger partial charge in [0.2, 0.25) is 5.75 Å². The second-order valence-electron chi connectivity index (χ2n) is 9.18. The molecule has 45 heavy (non-hydrogen) atoms. The molecule has 4 rings (SSSR count). The van der Waals surface area contributed by atoms with Gasteiger partial charge in [-0.15, -0.1) is 0 Å². The summed E-state index contributed by atoms with van der Waals surface area (Å²) in [5, 5.41) is 7.30. The molecule has 0 fully saturated rings. The molecule has 4 aromatic rings. The lowest BCUT2D eigenvalue weighted by molar-refractivity contribution is 0.0728. The van der Waals surface area contributed by atoms with Crippen molar-refractivity contribution in [3.8, 4) is 28.7 Å². The Morgan fingerprint density at radius 3 is 2.11 bits per heavy atom. The van der Waals surface area contributed by atoms with Crippen LogP contribution in [0.5, 0.6) is 28.7 Å². The van der Waals surface area contributed by atoms with Crippen molar-refractivity contribution in [1.82, 2.24) is 5.43 Å². The number of esters is 1. The maximum Gasteiger partial charge on any atom is 0.343 e. The maximum absolute atomic E-state index is 13.0. The number of hydrogen-bond acceptors (Lipinski definition) is 9. The first kappa shape index (κ1) is 32.4. The van der Waals surface area contributed by atoms with Gasteiger partial charge in [0, 0.05) is 21.8 Å². The lowest BCUT2D eigenvalue weighted by atomic mass is 10.1. The van der Waals surface area contributed by atoms with E-state index in [0.717, 1.165) is 0 Å². The molecule has 0 radical (unpaired) electrons. The molecule has 11 nitrogen and oxygen atoms in total. The summed E-state index contributed by atoms with van der Waals surface area (Å²) >= 11 is 5.89. The third-order valence-corrected chi connectivity index (χ3v) is 6.49. The number of amides is 2. The van der Waals surface area contributed by atoms with Crippen molar-refractivity contribution < 1.29 is 38.1 Å². The van der Waals surface area contributed by atoms with E-state index in [4.69, 9.17) is 35.3 Å². The molecule has 0 aliphatic rings. The van der Waals surface area contributed by atoms with Gasteiger partial charge in [-0.2, -0.15) is 5.10 Å². The van der Waals surface area contributed by atoms with Crippen LogP contribution in [0.15, 0.2) is 84.0 Å². The Balaban J connectivity index is 1.41. The minimum absolute atomic E-state index is 0.225. The van der Waals surface area contributed by atoms with Crippen LogP contribution < -0.4 is 34.4 Å². The molecule has 0 atom stereocenters. The number of methoxy groups -OCH3 is 3. The Hall–Kier alpha value is -5.55. The number of rotatable bonds is 12. The first-order valence-electron chi connectivity index (χ1n) is 13.6. The maximum atomic E-state index is 13.0. The quantitative estimate of drug-likeness (QED) is 0.0842. The molecular weight excluding hydrogens is 602 g/mol. The summed E-state index contributed by atoms with van der Waals surface area (Å²) in [6, 6.07) is 20.6. The molecule has 232 valence electrons. The van der Waals surface area contributed by atoms with Crippen molar-refractivity contribution in [2.24, 2.45) is 5.10 Å². The van der Waals surface area contributed by atoms with Crippen LogP contribution in [0.4, 0.5) is 5.69 Å². The number of hydrazone groups is 1. The normalized spacial score (nSPS) is 10.6. The van der Waals surface area contributed by atoms with Crippen molar-refractivity contribution in [2.45, 2.75) is 6.92 Å². The number of nitrogens with one attached hydrogen (secondary N) is 2. The van der Waals surface area contributed by atoms with Crippen LogP contribution in [-0.4, -0.2) is 51.9 Å². The van der Waals surface area contributed by atoms with E-state index >= 15 is 0 Å². The molecule has 0 heterocycles. The highest BCUT2D eigenvalue weighted by molar-refractivity contribution is 6.30. The minimum atomic E-state index is -0.567. The summed E-state index contributed by atoms with van der Waals surface area (Å²) < 4.78 is 27.1. The number of hydrogen-bond donors (Lipinski definition) is 2. The molecule has 2 amide bonds. The van der Waals surface area contributed by atoms with Gasteiger partial charge in [-0.3, -0.25) is 9.59 Å². The average molecular weight is 632 g/mol. The van der Waals surface area contributed by atoms with Crippen LogP contribution in [0.25, 0.3) is 0 Å². The predicted molar refractivity (Wildman–Crippen MR) is 170 cm³/mol. The summed E-state index contributed by atoms with van der Waals surface area (Å²) in [6.07, 6.45) is 1.42. The summed E-state index contributed by atoms with van der Waals surface area (Å²) in [6.45, 7) is 2.13. The molecule has 0 aliphatic heterocycles. The summed E-state index contributed by atoms with van der Waals surface area (Å²) in [5.41, 5.74) is 4.28. The van der Waals surface area contributed by atoms with Crippen LogP contribution >= 0.6 is 11.6 Å². The third-order valence-electron chi connectivity index (χ3n) is 6.24. The fraction of sp³-hybridized carbons (Fsp3) is 0.152. The van der Waals surface area contributed by atoms with Gasteiger partial charge in [-0.25, -0.2) is 10.2 Å². The molecule has 0 bridgehead atoms. The zero-order valence-corrected chi connectivity index (χ0v) is 25.6. The average Bonchev–Trinajstić information content (AvgIpc) is 3.05. The van der Waals surface area contributed by atoms with Gasteiger partial charge in [-0.05, 0) is 85.3 Å². The van der Waals surface area contributed by atoms with Crippen LogP contribution in [0.2, 0.25) is 5.02 Å². The van der Waals surface area contributed by atoms with E-state index < -0.39 is 17.8 Å². The van der Waals surface area contributed by atoms with Crippen molar-refractivity contribution >= 4 is 41.3 Å². The van der Waals surface area contributed by atoms with Gasteiger partial charge in [-0.1, -0.05) is 17.7 Å². The zero-order valence-electron chi connectivity index (χ0n) is 24.9. The second kappa shape index (κ2) is 15.3. The number of carbonyl (C=O) groups is 3. The van der Waals surface area contributed by atoms with Crippen LogP contribution in [0, 0.1) is 0 Å². The first-order chi connectivity index (χ1) is 21.8. The second-order valence-corrected chi connectivity index (χ2v) is 9.62. The van der Waals surface area contributed by atoms with Crippen molar-refractivity contribution in [2.75, 3.05) is 33.3 Å². The molecule has 2 N–H and O–H groups in total. The molecule has 0 unspecified atom stereocenters. The Kier molecular flexibility index (Phi) is 11.0. The molecule has 4 aromatic carbocycles. The van der Waals surface area contributed by atoms with E-state index in [0.29, 0.717) is 51.4 Å². The highest BCUT2D eigenvalue weighted by atomic mass is 35.5. The van der Waals surface area contributed by atoms with Crippen LogP contribution in [-0.2, 0) is 0 Å². The van der Waals surface area contributed by atoms with Gasteiger partial charge in [0.25, 0.3) is 11.8 Å². The van der Waals surface area contributed by atoms with Gasteiger partial charge in [0.1, 0.15) is 0 Å². The summed E-state index contributed by atoms with van der Waals surface area (Å²) in [7, 11) is 4.38. The Morgan fingerprint density at radius 1 is 0.756 bits per heavy atom. The zero-order chi connectivity index (χ0) is 32.3. The van der Waals surface area contributed by atoms with Gasteiger partial charge < -0.3 is 29.0 Å². The number of carbonyl (C=O) groups excluding carboxylic acids is 3. The predicted octanol–water partition coefficient (Wildman–Crippen LogP) is 6.00. The fourth-order valence-electron chi connectivity index (χ4n) is 4.09. The lowest BCUT2D eigenvalue weighted by Crippen LogP contribution is -2.18. The molecule has 0 spiro atoms. The number of ether oxygens (including phenoxy) is 5. The summed E-state index contributed by atoms with van der Waals surface area (Å²) in [5.74, 6) is 0.0476. The molecular formula is C33H30ClN3O8. The molecule has 0 saturated carbocycles. The first-order valence-corrected chi connectivity index (χ1v) is 13.9. The Labute approximate surface area is 264 Å². The standard InChI is InChI=1S/C33H30ClN3O8/c1-5-44-27-15-20(9-14-26(27)45-33(40)21-10-12-24(34)13-11-21)19-35-37-32(39)22-7-6-8-25(16-22)36-31(38)23-17-28(41-2)30(43-4)29(18-23)42-3/h6-19H,5H2,1-4H3,(H,36,38)(H,37,39). The van der Waals surface area contributed by atoms with Crippen molar-refractivity contribution in [1.29, 1.82) is 0 Å². The van der Waals surface area contributed by atoms with E-state index in [9.17, 15) is 14.4 Å². The van der Waals surface area contributed by atoms with E-state index in [-0.39, 0.29) is 16.9 Å². The number of halogens is 1. The van der Waals surface area contributed by atoms with E-state index in [1.165, 1.54) is 45.7 Å². The SMILES string of the molecule is CCOc1cc(C=NNC(=O)c2cccc(NC(=O)c3cc(OC)c(OC)c(OC)c3)c2)ccc1OC(=O)c1ccc(Cl)cc1. The third kappa shape index (κ3) is 8.30. The minimum Gasteiger partial charge on any atom is -0.493 e. The Morgan fingerprint density at radius 2 is 1.47 bits per heavy atom. The van der Waals surface area contributed by atoms with E-state index in [2.05, 4.69) is 15.8 Å². The largest absolute Gasteiger partial charge is 0.493 e. The molecule has 0 aromatic heterocycles. The highest BCUT2D eigenvalue weighted by Crippen LogP contribution is 2.38. The number of benzene rings is 4. The van der Waals surface area contributed by atoms with E-state index in [1.807, 2.05) is 0 Å².